The van der Waals surface area contributed by atoms with Crippen LogP contribution in [0.5, 0.6) is 5.75 Å². The van der Waals surface area contributed by atoms with E-state index in [0.29, 0.717) is 27.2 Å². The summed E-state index contributed by atoms with van der Waals surface area (Å²) in [6.07, 6.45) is 0. The molecule has 0 unspecified atom stereocenters. The number of amides is 1. The lowest BCUT2D eigenvalue weighted by molar-refractivity contribution is 0.102. The molecule has 0 aliphatic carbocycles. The van der Waals surface area contributed by atoms with Crippen LogP contribution < -0.4 is 10.1 Å². The maximum atomic E-state index is 12.9. The molecule has 1 amide bonds. The van der Waals surface area contributed by atoms with E-state index in [-0.39, 0.29) is 18.3 Å². The quantitative estimate of drug-likeness (QED) is 0.675. The molecule has 128 valence electrons. The van der Waals surface area contributed by atoms with Gasteiger partial charge in [-0.15, -0.1) is 11.3 Å². The van der Waals surface area contributed by atoms with Crippen LogP contribution in [-0.4, -0.2) is 10.9 Å². The van der Waals surface area contributed by atoms with E-state index in [1.54, 1.807) is 35.7 Å². The van der Waals surface area contributed by atoms with Crippen LogP contribution in [0, 0.1) is 12.7 Å². The summed E-state index contributed by atoms with van der Waals surface area (Å²) < 4.78 is 18.4. The molecule has 3 rings (SSSR count). The number of benzene rings is 2. The standard InChI is InChI=1S/C18H14ClFN2O2S/c1-11-8-12(19)2-7-15(11)22-18(23)16-10-25-17(21-16)9-24-14-5-3-13(20)4-6-14/h2-8,10H,9H2,1H3,(H,22,23). The van der Waals surface area contributed by atoms with Crippen molar-refractivity contribution in [2.45, 2.75) is 13.5 Å². The van der Waals surface area contributed by atoms with Gasteiger partial charge in [0.25, 0.3) is 5.91 Å². The molecule has 0 aliphatic rings. The molecule has 1 heterocycles. The lowest BCUT2D eigenvalue weighted by Gasteiger charge is -2.07. The van der Waals surface area contributed by atoms with E-state index in [9.17, 15) is 9.18 Å². The van der Waals surface area contributed by atoms with E-state index in [0.717, 1.165) is 5.56 Å². The zero-order valence-corrected chi connectivity index (χ0v) is 14.8. The average Bonchev–Trinajstić information content (AvgIpc) is 3.06. The van der Waals surface area contributed by atoms with E-state index in [4.69, 9.17) is 16.3 Å². The molecule has 1 N–H and O–H groups in total. The number of nitrogens with one attached hydrogen (secondary N) is 1. The van der Waals surface area contributed by atoms with Crippen molar-refractivity contribution >= 4 is 34.5 Å². The van der Waals surface area contributed by atoms with Crippen molar-refractivity contribution in [2.24, 2.45) is 0 Å². The molecule has 0 fully saturated rings. The summed E-state index contributed by atoms with van der Waals surface area (Å²) in [6.45, 7) is 2.08. The number of hydrogen-bond acceptors (Lipinski definition) is 4. The maximum absolute atomic E-state index is 12.9. The number of aryl methyl sites for hydroxylation is 1. The summed E-state index contributed by atoms with van der Waals surface area (Å²) >= 11 is 7.24. The molecule has 2 aromatic carbocycles. The fourth-order valence-electron chi connectivity index (χ4n) is 2.11. The van der Waals surface area contributed by atoms with Crippen molar-refractivity contribution in [1.29, 1.82) is 0 Å². The number of ether oxygens (including phenoxy) is 1. The second kappa shape index (κ2) is 7.63. The van der Waals surface area contributed by atoms with Gasteiger partial charge in [-0.25, -0.2) is 9.37 Å². The van der Waals surface area contributed by atoms with Crippen LogP contribution >= 0.6 is 22.9 Å². The number of anilines is 1. The van der Waals surface area contributed by atoms with Crippen molar-refractivity contribution in [3.8, 4) is 5.75 Å². The topological polar surface area (TPSA) is 51.2 Å². The molecule has 0 aliphatic heterocycles. The van der Waals surface area contributed by atoms with E-state index in [1.165, 1.54) is 23.5 Å². The first-order chi connectivity index (χ1) is 12.0. The van der Waals surface area contributed by atoms with Gasteiger partial charge in [0.2, 0.25) is 0 Å². The van der Waals surface area contributed by atoms with Gasteiger partial charge in [-0.3, -0.25) is 4.79 Å². The Morgan fingerprint density at radius 2 is 2.04 bits per heavy atom. The number of nitrogens with zero attached hydrogens (tertiary/aromatic N) is 1. The highest BCUT2D eigenvalue weighted by Crippen LogP contribution is 2.21. The van der Waals surface area contributed by atoms with E-state index in [2.05, 4.69) is 10.3 Å². The fraction of sp³-hybridized carbons (Fsp3) is 0.111. The third kappa shape index (κ3) is 4.55. The van der Waals surface area contributed by atoms with Gasteiger partial charge >= 0.3 is 0 Å². The second-order valence-electron chi connectivity index (χ2n) is 5.28. The Bertz CT molecular complexity index is 896. The number of carbonyl (C=O) groups excluding carboxylic acids is 1. The molecule has 4 nitrogen and oxygen atoms in total. The Morgan fingerprint density at radius 3 is 2.76 bits per heavy atom. The van der Waals surface area contributed by atoms with Crippen LogP contribution in [-0.2, 0) is 6.61 Å². The fourth-order valence-corrected chi connectivity index (χ4v) is 3.02. The Labute approximate surface area is 153 Å². The van der Waals surface area contributed by atoms with Gasteiger partial charge in [-0.1, -0.05) is 11.6 Å². The van der Waals surface area contributed by atoms with Crippen LogP contribution in [0.4, 0.5) is 10.1 Å². The highest BCUT2D eigenvalue weighted by Gasteiger charge is 2.12. The lowest BCUT2D eigenvalue weighted by atomic mass is 10.2. The Hall–Kier alpha value is -2.44. The first-order valence-electron chi connectivity index (χ1n) is 7.41. The maximum Gasteiger partial charge on any atom is 0.275 e. The monoisotopic (exact) mass is 376 g/mol. The molecule has 25 heavy (non-hydrogen) atoms. The Morgan fingerprint density at radius 1 is 1.28 bits per heavy atom. The van der Waals surface area contributed by atoms with Crippen molar-refractivity contribution in [3.05, 3.63) is 74.9 Å². The van der Waals surface area contributed by atoms with Gasteiger partial charge in [-0.05, 0) is 55.0 Å². The largest absolute Gasteiger partial charge is 0.486 e. The summed E-state index contributed by atoms with van der Waals surface area (Å²) in [5, 5.41) is 5.75. The number of halogens is 2. The van der Waals surface area contributed by atoms with Crippen molar-refractivity contribution in [2.75, 3.05) is 5.32 Å². The molecule has 0 spiro atoms. The Kier molecular flexibility index (Phi) is 5.31. The zero-order valence-electron chi connectivity index (χ0n) is 13.3. The van der Waals surface area contributed by atoms with Crippen LogP contribution in [0.25, 0.3) is 0 Å². The molecule has 3 aromatic rings. The minimum Gasteiger partial charge on any atom is -0.486 e. The number of thiazole rings is 1. The smallest absolute Gasteiger partial charge is 0.275 e. The highest BCUT2D eigenvalue weighted by molar-refractivity contribution is 7.09. The molecule has 1 aromatic heterocycles. The summed E-state index contributed by atoms with van der Waals surface area (Å²) in [5.41, 5.74) is 1.87. The number of carbonyl (C=O) groups is 1. The van der Waals surface area contributed by atoms with Crippen molar-refractivity contribution in [3.63, 3.8) is 0 Å². The first-order valence-corrected chi connectivity index (χ1v) is 8.67. The van der Waals surface area contributed by atoms with Crippen LogP contribution in [0.1, 0.15) is 21.1 Å². The van der Waals surface area contributed by atoms with E-state index in [1.807, 2.05) is 6.92 Å². The van der Waals surface area contributed by atoms with Crippen LogP contribution in [0.15, 0.2) is 47.8 Å². The predicted octanol–water partition coefficient (Wildman–Crippen LogP) is 5.08. The number of aromatic nitrogens is 1. The summed E-state index contributed by atoms with van der Waals surface area (Å²) in [7, 11) is 0. The number of hydrogen-bond donors (Lipinski definition) is 1. The predicted molar refractivity (Wildman–Crippen MR) is 97.0 cm³/mol. The second-order valence-corrected chi connectivity index (χ2v) is 6.66. The van der Waals surface area contributed by atoms with Gasteiger partial charge < -0.3 is 10.1 Å². The Balaban J connectivity index is 1.62. The van der Waals surface area contributed by atoms with Gasteiger partial charge in [-0.2, -0.15) is 0 Å². The molecule has 0 saturated heterocycles. The minimum atomic E-state index is -0.321. The molecule has 0 radical (unpaired) electrons. The molecule has 0 bridgehead atoms. The summed E-state index contributed by atoms with van der Waals surface area (Å²) in [4.78, 5) is 16.6. The van der Waals surface area contributed by atoms with Crippen molar-refractivity contribution in [1.82, 2.24) is 4.98 Å². The zero-order chi connectivity index (χ0) is 17.8. The highest BCUT2D eigenvalue weighted by atomic mass is 35.5. The third-order valence-electron chi connectivity index (χ3n) is 3.40. The van der Waals surface area contributed by atoms with E-state index < -0.39 is 0 Å². The molecule has 0 saturated carbocycles. The SMILES string of the molecule is Cc1cc(Cl)ccc1NC(=O)c1csc(COc2ccc(F)cc2)n1. The average molecular weight is 377 g/mol. The molecule has 0 atom stereocenters. The molecule has 7 heteroatoms. The lowest BCUT2D eigenvalue weighted by Crippen LogP contribution is -2.13. The van der Waals surface area contributed by atoms with Crippen LogP contribution in [0.3, 0.4) is 0 Å². The third-order valence-corrected chi connectivity index (χ3v) is 4.45. The van der Waals surface area contributed by atoms with Crippen LogP contribution in [0.2, 0.25) is 5.02 Å². The normalized spacial score (nSPS) is 10.5. The van der Waals surface area contributed by atoms with Gasteiger partial charge in [0.15, 0.2) is 0 Å². The van der Waals surface area contributed by atoms with Crippen molar-refractivity contribution < 1.29 is 13.9 Å². The van der Waals surface area contributed by atoms with E-state index >= 15 is 0 Å². The molecular formula is C18H14ClFN2O2S. The summed E-state index contributed by atoms with van der Waals surface area (Å²) in [6, 6.07) is 11.0. The van der Waals surface area contributed by atoms with Gasteiger partial charge in [0.1, 0.15) is 28.9 Å². The summed E-state index contributed by atoms with van der Waals surface area (Å²) in [5.74, 6) is -0.0767. The molecular weight excluding hydrogens is 363 g/mol. The number of rotatable bonds is 5. The van der Waals surface area contributed by atoms with Gasteiger partial charge in [0, 0.05) is 16.1 Å². The minimum absolute atomic E-state index is 0.212. The van der Waals surface area contributed by atoms with Gasteiger partial charge in [0.05, 0.1) is 0 Å². The first kappa shape index (κ1) is 17.4.